The summed E-state index contributed by atoms with van der Waals surface area (Å²) in [5.74, 6) is 0.131. The molecule has 76 valence electrons. The fourth-order valence-electron chi connectivity index (χ4n) is 1.03. The number of aromatic hydroxyl groups is 1. The number of phenolic OH excluding ortho intramolecular Hbond substituents is 1. The summed E-state index contributed by atoms with van der Waals surface area (Å²) in [5, 5.41) is 17.9. The Morgan fingerprint density at radius 2 is 2.21 bits per heavy atom. The largest absolute Gasteiger partial charge is 0.508 e. The maximum absolute atomic E-state index is 9.42. The predicted octanol–water partition coefficient (Wildman–Crippen LogP) is 2.49. The maximum Gasteiger partial charge on any atom is 0.120 e. The summed E-state index contributed by atoms with van der Waals surface area (Å²) in [6.45, 7) is 0. The Morgan fingerprint density at radius 1 is 1.57 bits per heavy atom. The monoisotopic (exact) mass is 276 g/mol. The lowest BCUT2D eigenvalue weighted by atomic mass is 10.0. The first-order chi connectivity index (χ1) is 6.15. The number of rotatable bonds is 2. The smallest absolute Gasteiger partial charge is 0.120 e. The van der Waals surface area contributed by atoms with Gasteiger partial charge in [0, 0.05) is 16.1 Å². The fraction of sp³-hybridized carbons (Fsp3) is 0.222. The van der Waals surface area contributed by atoms with E-state index in [0.717, 1.165) is 4.47 Å². The second-order valence-corrected chi connectivity index (χ2v) is 3.59. The van der Waals surface area contributed by atoms with Crippen LogP contribution >= 0.6 is 28.3 Å². The summed E-state index contributed by atoms with van der Waals surface area (Å²) in [7, 11) is 0. The molecule has 0 heterocycles. The number of benzene rings is 1. The van der Waals surface area contributed by atoms with Gasteiger partial charge in [-0.15, -0.1) is 12.4 Å². The second kappa shape index (κ2) is 5.86. The fourth-order valence-corrected chi connectivity index (χ4v) is 1.41. The van der Waals surface area contributed by atoms with Gasteiger partial charge in [0.05, 0.1) is 12.5 Å². The molecule has 5 heteroatoms. The average Bonchev–Trinajstić information content (AvgIpc) is 2.09. The second-order valence-electron chi connectivity index (χ2n) is 2.67. The molecule has 14 heavy (non-hydrogen) atoms. The van der Waals surface area contributed by atoms with E-state index in [1.54, 1.807) is 18.2 Å². The van der Waals surface area contributed by atoms with E-state index >= 15 is 0 Å². The van der Waals surface area contributed by atoms with Crippen molar-refractivity contribution in [1.82, 2.24) is 0 Å². The lowest BCUT2D eigenvalue weighted by Crippen LogP contribution is -2.09. The standard InChI is InChI=1S/C9H9BrN2O.ClH/c10-6-1-2-9(13)7(5-6)8(12)3-4-11;/h1-2,5,8,13H,3,12H2;1H/t8-;/m0./s1. The third kappa shape index (κ3) is 3.18. The van der Waals surface area contributed by atoms with Crippen molar-refractivity contribution in [2.45, 2.75) is 12.5 Å². The van der Waals surface area contributed by atoms with Crippen molar-refractivity contribution in [3.8, 4) is 11.8 Å². The van der Waals surface area contributed by atoms with E-state index in [2.05, 4.69) is 15.9 Å². The number of halogens is 2. The summed E-state index contributed by atoms with van der Waals surface area (Å²) in [6.07, 6.45) is 0.198. The molecule has 0 aliphatic rings. The summed E-state index contributed by atoms with van der Waals surface area (Å²) in [4.78, 5) is 0. The van der Waals surface area contributed by atoms with Gasteiger partial charge in [0.25, 0.3) is 0 Å². The predicted molar refractivity (Wildman–Crippen MR) is 60.2 cm³/mol. The molecule has 0 fully saturated rings. The van der Waals surface area contributed by atoms with E-state index in [-0.39, 0.29) is 24.6 Å². The van der Waals surface area contributed by atoms with Gasteiger partial charge in [-0.3, -0.25) is 0 Å². The van der Waals surface area contributed by atoms with Crippen molar-refractivity contribution < 1.29 is 5.11 Å². The van der Waals surface area contributed by atoms with Gasteiger partial charge in [0.2, 0.25) is 0 Å². The minimum atomic E-state index is -0.428. The Hall–Kier alpha value is -0.760. The van der Waals surface area contributed by atoms with E-state index in [1.807, 2.05) is 6.07 Å². The van der Waals surface area contributed by atoms with E-state index in [4.69, 9.17) is 11.0 Å². The third-order valence-electron chi connectivity index (χ3n) is 1.70. The van der Waals surface area contributed by atoms with Crippen LogP contribution in [-0.4, -0.2) is 5.11 Å². The molecule has 0 saturated heterocycles. The van der Waals surface area contributed by atoms with Crippen LogP contribution < -0.4 is 5.73 Å². The minimum Gasteiger partial charge on any atom is -0.508 e. The molecule has 1 aromatic carbocycles. The van der Waals surface area contributed by atoms with Crippen molar-refractivity contribution in [3.05, 3.63) is 28.2 Å². The van der Waals surface area contributed by atoms with Crippen LogP contribution in [0, 0.1) is 11.3 Å². The van der Waals surface area contributed by atoms with Crippen LogP contribution in [0.25, 0.3) is 0 Å². The van der Waals surface area contributed by atoms with Gasteiger partial charge >= 0.3 is 0 Å². The van der Waals surface area contributed by atoms with Crippen LogP contribution in [0.3, 0.4) is 0 Å². The first kappa shape index (κ1) is 13.2. The van der Waals surface area contributed by atoms with Crippen LogP contribution in [0.2, 0.25) is 0 Å². The molecular formula is C9H10BrClN2O. The van der Waals surface area contributed by atoms with Gasteiger partial charge in [-0.1, -0.05) is 15.9 Å². The van der Waals surface area contributed by atoms with Crippen LogP contribution in [0.15, 0.2) is 22.7 Å². The Morgan fingerprint density at radius 3 is 2.79 bits per heavy atom. The highest BCUT2D eigenvalue weighted by Gasteiger charge is 2.10. The van der Waals surface area contributed by atoms with Crippen molar-refractivity contribution in [1.29, 1.82) is 5.26 Å². The number of nitriles is 1. The maximum atomic E-state index is 9.42. The molecule has 0 aromatic heterocycles. The number of phenols is 1. The molecule has 0 spiro atoms. The summed E-state index contributed by atoms with van der Waals surface area (Å²) >= 11 is 3.27. The van der Waals surface area contributed by atoms with Gasteiger partial charge < -0.3 is 10.8 Å². The molecule has 0 unspecified atom stereocenters. The summed E-state index contributed by atoms with van der Waals surface area (Å²) in [5.41, 5.74) is 6.27. The molecule has 0 radical (unpaired) electrons. The Kier molecular flexibility index (Phi) is 5.55. The molecule has 3 N–H and O–H groups in total. The van der Waals surface area contributed by atoms with Crippen molar-refractivity contribution in [2.24, 2.45) is 5.73 Å². The molecule has 1 atom stereocenters. The zero-order valence-electron chi connectivity index (χ0n) is 7.27. The minimum absolute atomic E-state index is 0. The zero-order chi connectivity index (χ0) is 9.84. The summed E-state index contributed by atoms with van der Waals surface area (Å²) in [6, 6.07) is 6.52. The lowest BCUT2D eigenvalue weighted by Gasteiger charge is -2.09. The lowest BCUT2D eigenvalue weighted by molar-refractivity contribution is 0.462. The Labute approximate surface area is 97.1 Å². The first-order valence-corrected chi connectivity index (χ1v) is 4.55. The highest BCUT2D eigenvalue weighted by molar-refractivity contribution is 9.10. The Bertz CT molecular complexity index is 351. The third-order valence-corrected chi connectivity index (χ3v) is 2.19. The van der Waals surface area contributed by atoms with E-state index in [0.29, 0.717) is 5.56 Å². The van der Waals surface area contributed by atoms with E-state index in [9.17, 15) is 5.11 Å². The van der Waals surface area contributed by atoms with E-state index in [1.165, 1.54) is 0 Å². The first-order valence-electron chi connectivity index (χ1n) is 3.76. The molecule has 0 bridgehead atoms. The van der Waals surface area contributed by atoms with Crippen LogP contribution in [-0.2, 0) is 0 Å². The molecule has 0 aliphatic carbocycles. The molecule has 0 saturated carbocycles. The van der Waals surface area contributed by atoms with Crippen LogP contribution in [0.1, 0.15) is 18.0 Å². The Balaban J connectivity index is 0.00000169. The van der Waals surface area contributed by atoms with Gasteiger partial charge in [0.1, 0.15) is 5.75 Å². The highest BCUT2D eigenvalue weighted by atomic mass is 79.9. The molecule has 1 rings (SSSR count). The SMILES string of the molecule is Cl.N#CC[C@H](N)c1cc(Br)ccc1O. The summed E-state index contributed by atoms with van der Waals surface area (Å²) < 4.78 is 0.841. The molecule has 0 amide bonds. The quantitative estimate of drug-likeness (QED) is 0.872. The zero-order valence-corrected chi connectivity index (χ0v) is 9.68. The molecular weight excluding hydrogens is 267 g/mol. The van der Waals surface area contributed by atoms with Crippen molar-refractivity contribution >= 4 is 28.3 Å². The average molecular weight is 278 g/mol. The van der Waals surface area contributed by atoms with Crippen LogP contribution in [0.4, 0.5) is 0 Å². The van der Waals surface area contributed by atoms with E-state index < -0.39 is 6.04 Å². The van der Waals surface area contributed by atoms with Crippen molar-refractivity contribution in [2.75, 3.05) is 0 Å². The van der Waals surface area contributed by atoms with Crippen molar-refractivity contribution in [3.63, 3.8) is 0 Å². The number of nitrogens with two attached hydrogens (primary N) is 1. The van der Waals surface area contributed by atoms with Crippen LogP contribution in [0.5, 0.6) is 5.75 Å². The van der Waals surface area contributed by atoms with Gasteiger partial charge in [-0.25, -0.2) is 0 Å². The van der Waals surface area contributed by atoms with Gasteiger partial charge in [-0.2, -0.15) is 5.26 Å². The van der Waals surface area contributed by atoms with Gasteiger partial charge in [-0.05, 0) is 18.2 Å². The number of nitrogens with zero attached hydrogens (tertiary/aromatic N) is 1. The molecule has 3 nitrogen and oxygen atoms in total. The number of hydrogen-bond donors (Lipinski definition) is 2. The molecule has 1 aromatic rings. The topological polar surface area (TPSA) is 70.0 Å². The normalized spacial score (nSPS) is 11.2. The number of hydrogen-bond acceptors (Lipinski definition) is 3. The molecule has 0 aliphatic heterocycles. The van der Waals surface area contributed by atoms with Gasteiger partial charge in [0.15, 0.2) is 0 Å². The highest BCUT2D eigenvalue weighted by Crippen LogP contribution is 2.27.